The highest BCUT2D eigenvalue weighted by atomic mass is 15.1. The zero-order valence-corrected chi connectivity index (χ0v) is 12.2. The molecule has 0 atom stereocenters. The normalized spacial score (nSPS) is 11.0. The molecular weight excluding hydrogens is 234 g/mol. The fourth-order valence-corrected chi connectivity index (χ4v) is 2.19. The third-order valence-electron chi connectivity index (χ3n) is 3.52. The van der Waals surface area contributed by atoms with Gasteiger partial charge < -0.3 is 10.3 Å². The van der Waals surface area contributed by atoms with E-state index in [0.29, 0.717) is 5.92 Å². The van der Waals surface area contributed by atoms with Crippen molar-refractivity contribution in [3.63, 3.8) is 0 Å². The van der Waals surface area contributed by atoms with E-state index in [1.54, 1.807) is 0 Å². The number of rotatable bonds is 5. The van der Waals surface area contributed by atoms with Crippen molar-refractivity contribution in [2.75, 3.05) is 12.4 Å². The zero-order chi connectivity index (χ0) is 13.8. The van der Waals surface area contributed by atoms with Crippen LogP contribution in [0.5, 0.6) is 0 Å². The van der Waals surface area contributed by atoms with E-state index in [1.165, 1.54) is 11.1 Å². The molecule has 1 aromatic carbocycles. The molecule has 1 aromatic heterocycles. The number of nitrogens with zero attached hydrogens (tertiary/aromatic N) is 1. The van der Waals surface area contributed by atoms with E-state index in [-0.39, 0.29) is 0 Å². The molecule has 0 amide bonds. The first-order valence-corrected chi connectivity index (χ1v) is 6.92. The molecule has 1 heterocycles. The lowest BCUT2D eigenvalue weighted by Crippen LogP contribution is -1.95. The maximum atomic E-state index is 4.52. The molecule has 102 valence electrons. The molecule has 3 heteroatoms. The maximum absolute atomic E-state index is 4.52. The molecule has 0 aliphatic rings. The van der Waals surface area contributed by atoms with Crippen LogP contribution < -0.4 is 5.32 Å². The maximum Gasteiger partial charge on any atom is 0.200 e. The van der Waals surface area contributed by atoms with Crippen LogP contribution in [0, 0.1) is 6.92 Å². The van der Waals surface area contributed by atoms with E-state index in [1.807, 2.05) is 7.05 Å². The number of aromatic amines is 1. The van der Waals surface area contributed by atoms with Crippen LogP contribution in [0.1, 0.15) is 42.3 Å². The molecule has 2 rings (SSSR count). The van der Waals surface area contributed by atoms with Gasteiger partial charge in [-0.1, -0.05) is 38.1 Å². The molecular formula is C16H23N3. The van der Waals surface area contributed by atoms with Gasteiger partial charge >= 0.3 is 0 Å². The highest BCUT2D eigenvalue weighted by Gasteiger charge is 2.06. The van der Waals surface area contributed by atoms with E-state index in [2.05, 4.69) is 60.3 Å². The number of aryl methyl sites for hydroxylation is 3. The van der Waals surface area contributed by atoms with Crippen LogP contribution in [0.3, 0.4) is 0 Å². The number of hydrogen-bond donors (Lipinski definition) is 2. The van der Waals surface area contributed by atoms with E-state index in [9.17, 15) is 0 Å². The van der Waals surface area contributed by atoms with Gasteiger partial charge in [-0.05, 0) is 36.8 Å². The predicted molar refractivity (Wildman–Crippen MR) is 80.8 cm³/mol. The van der Waals surface area contributed by atoms with Crippen molar-refractivity contribution in [1.29, 1.82) is 0 Å². The van der Waals surface area contributed by atoms with Gasteiger partial charge in [0.15, 0.2) is 5.95 Å². The fraction of sp³-hybridized carbons (Fsp3) is 0.438. The summed E-state index contributed by atoms with van der Waals surface area (Å²) in [5.74, 6) is 1.45. The van der Waals surface area contributed by atoms with Crippen molar-refractivity contribution in [2.45, 2.75) is 39.5 Å². The molecule has 2 N–H and O–H groups in total. The van der Waals surface area contributed by atoms with E-state index in [4.69, 9.17) is 0 Å². The second-order valence-corrected chi connectivity index (χ2v) is 5.30. The molecule has 2 aromatic rings. The van der Waals surface area contributed by atoms with E-state index in [0.717, 1.165) is 30.2 Å². The predicted octanol–water partition coefficient (Wildman–Crippen LogP) is 3.67. The van der Waals surface area contributed by atoms with Gasteiger partial charge in [0.25, 0.3) is 0 Å². The smallest absolute Gasteiger partial charge is 0.200 e. The Hall–Kier alpha value is -1.77. The Morgan fingerprint density at radius 3 is 2.37 bits per heavy atom. The van der Waals surface area contributed by atoms with Crippen LogP contribution in [0.4, 0.5) is 5.95 Å². The average molecular weight is 257 g/mol. The molecule has 19 heavy (non-hydrogen) atoms. The van der Waals surface area contributed by atoms with Crippen LogP contribution in [0.25, 0.3) is 0 Å². The summed E-state index contributed by atoms with van der Waals surface area (Å²) in [6, 6.07) is 8.93. The van der Waals surface area contributed by atoms with Gasteiger partial charge in [0.2, 0.25) is 0 Å². The minimum Gasteiger partial charge on any atom is -0.359 e. The monoisotopic (exact) mass is 257 g/mol. The molecule has 0 saturated heterocycles. The Bertz CT molecular complexity index is 523. The second-order valence-electron chi connectivity index (χ2n) is 5.30. The summed E-state index contributed by atoms with van der Waals surface area (Å²) >= 11 is 0. The number of aromatic nitrogens is 2. The summed E-state index contributed by atoms with van der Waals surface area (Å²) in [6.45, 7) is 6.52. The number of nitrogens with one attached hydrogen (secondary N) is 2. The molecule has 0 aliphatic carbocycles. The number of anilines is 1. The molecule has 0 spiro atoms. The van der Waals surface area contributed by atoms with Gasteiger partial charge in [0.1, 0.15) is 0 Å². The van der Waals surface area contributed by atoms with Gasteiger partial charge in [0, 0.05) is 12.7 Å². The molecule has 0 saturated carbocycles. The number of benzene rings is 1. The number of imidazole rings is 1. The highest BCUT2D eigenvalue weighted by molar-refractivity contribution is 5.31. The third-order valence-corrected chi connectivity index (χ3v) is 3.52. The minimum absolute atomic E-state index is 0.598. The number of hydrogen-bond acceptors (Lipinski definition) is 2. The van der Waals surface area contributed by atoms with Crippen molar-refractivity contribution in [1.82, 2.24) is 9.97 Å². The fourth-order valence-electron chi connectivity index (χ4n) is 2.19. The topological polar surface area (TPSA) is 40.7 Å². The molecule has 0 unspecified atom stereocenters. The Labute approximate surface area is 115 Å². The van der Waals surface area contributed by atoms with Crippen LogP contribution in [-0.2, 0) is 12.8 Å². The lowest BCUT2D eigenvalue weighted by atomic mass is 10.00. The average Bonchev–Trinajstić information content (AvgIpc) is 2.77. The molecule has 0 radical (unpaired) electrons. The van der Waals surface area contributed by atoms with Crippen molar-refractivity contribution in [3.8, 4) is 0 Å². The minimum atomic E-state index is 0.598. The van der Waals surface area contributed by atoms with Gasteiger partial charge in [0.05, 0.1) is 5.69 Å². The van der Waals surface area contributed by atoms with Crippen molar-refractivity contribution in [2.24, 2.45) is 0 Å². The number of H-pyrrole nitrogens is 1. The van der Waals surface area contributed by atoms with Crippen molar-refractivity contribution >= 4 is 5.95 Å². The lowest BCUT2D eigenvalue weighted by molar-refractivity contribution is 0.860. The van der Waals surface area contributed by atoms with Crippen LogP contribution >= 0.6 is 0 Å². The Kier molecular flexibility index (Phi) is 4.25. The summed E-state index contributed by atoms with van der Waals surface area (Å²) in [5, 5.41) is 3.04. The van der Waals surface area contributed by atoms with E-state index < -0.39 is 0 Å². The van der Waals surface area contributed by atoms with Gasteiger partial charge in [-0.25, -0.2) is 4.98 Å². The Morgan fingerprint density at radius 2 is 1.84 bits per heavy atom. The molecule has 0 bridgehead atoms. The molecule has 3 nitrogen and oxygen atoms in total. The SMILES string of the molecule is CNc1nc(CCc2ccc(C(C)C)cc2)c(C)[nH]1. The summed E-state index contributed by atoms with van der Waals surface area (Å²) in [4.78, 5) is 7.75. The van der Waals surface area contributed by atoms with Crippen LogP contribution in [0.2, 0.25) is 0 Å². The first-order valence-electron chi connectivity index (χ1n) is 6.92. The standard InChI is InChI=1S/C16H23N3/c1-11(2)14-8-5-13(6-9-14)7-10-15-12(3)18-16(17-4)19-15/h5-6,8-9,11H,7,10H2,1-4H3,(H2,17,18,19). The Balaban J connectivity index is 1.99. The summed E-state index contributed by atoms with van der Waals surface area (Å²) in [6.07, 6.45) is 2.01. The quantitative estimate of drug-likeness (QED) is 0.858. The van der Waals surface area contributed by atoms with Crippen LogP contribution in [-0.4, -0.2) is 17.0 Å². The van der Waals surface area contributed by atoms with Gasteiger partial charge in [-0.15, -0.1) is 0 Å². The Morgan fingerprint density at radius 1 is 1.16 bits per heavy atom. The first kappa shape index (κ1) is 13.7. The van der Waals surface area contributed by atoms with Crippen molar-refractivity contribution in [3.05, 3.63) is 46.8 Å². The van der Waals surface area contributed by atoms with Gasteiger partial charge in [-0.2, -0.15) is 0 Å². The van der Waals surface area contributed by atoms with Crippen LogP contribution in [0.15, 0.2) is 24.3 Å². The molecule has 0 aliphatic heterocycles. The largest absolute Gasteiger partial charge is 0.359 e. The summed E-state index contributed by atoms with van der Waals surface area (Å²) < 4.78 is 0. The van der Waals surface area contributed by atoms with Gasteiger partial charge in [-0.3, -0.25) is 0 Å². The highest BCUT2D eigenvalue weighted by Crippen LogP contribution is 2.16. The summed E-state index contributed by atoms with van der Waals surface area (Å²) in [5.41, 5.74) is 5.08. The summed E-state index contributed by atoms with van der Waals surface area (Å²) in [7, 11) is 1.88. The first-order chi connectivity index (χ1) is 9.10. The van der Waals surface area contributed by atoms with Crippen molar-refractivity contribution < 1.29 is 0 Å². The zero-order valence-electron chi connectivity index (χ0n) is 12.2. The third kappa shape index (κ3) is 3.37. The lowest BCUT2D eigenvalue weighted by Gasteiger charge is -2.06. The second kappa shape index (κ2) is 5.91. The molecule has 0 fully saturated rings. The van der Waals surface area contributed by atoms with E-state index >= 15 is 0 Å².